The van der Waals surface area contributed by atoms with Gasteiger partial charge in [-0.2, -0.15) is 0 Å². The molecule has 19 heteroatoms. The molecule has 0 aliphatic carbocycles. The summed E-state index contributed by atoms with van der Waals surface area (Å²) in [5.74, 6) is 1.41. The minimum atomic E-state index is -0.657. The predicted octanol–water partition coefficient (Wildman–Crippen LogP) is 11.1. The lowest BCUT2D eigenvalue weighted by molar-refractivity contribution is 0.101. The number of benzene rings is 3. The van der Waals surface area contributed by atoms with Gasteiger partial charge in [0.15, 0.2) is 0 Å². The number of allylic oxidation sites excluding steroid dienone is 5. The Bertz CT molecular complexity index is 3170. The second-order valence-electron chi connectivity index (χ2n) is 19.7. The van der Waals surface area contributed by atoms with Gasteiger partial charge in [0.1, 0.15) is 71.6 Å². The number of hydrogen-bond acceptors (Lipinski definition) is 15. The Kier molecular flexibility index (Phi) is 29.0. The van der Waals surface area contributed by atoms with Crippen LogP contribution in [0.5, 0.6) is 17.2 Å². The van der Waals surface area contributed by atoms with Crippen molar-refractivity contribution >= 4 is 45.3 Å². The number of amides is 2. The maximum absolute atomic E-state index is 13.8. The summed E-state index contributed by atoms with van der Waals surface area (Å²) < 4.78 is 21.6. The Hall–Kier alpha value is -8.62. The van der Waals surface area contributed by atoms with E-state index in [1.54, 1.807) is 41.2 Å². The fraction of sp³-hybridized carbons (Fsp3) is 0.344. The van der Waals surface area contributed by atoms with Crippen molar-refractivity contribution in [2.75, 3.05) is 57.6 Å². The van der Waals surface area contributed by atoms with Gasteiger partial charge in [0.25, 0.3) is 11.8 Å². The molecule has 8 rings (SSSR count). The van der Waals surface area contributed by atoms with Crippen LogP contribution in [0.1, 0.15) is 106 Å². The first-order chi connectivity index (χ1) is 40.1. The number of carbonyl (C=O) groups is 2. The number of carbonyl (C=O) groups excluding carboxylic acids is 2. The lowest BCUT2D eigenvalue weighted by Gasteiger charge is -2.23. The molecular formula is C64H85N13O6. The third-order valence-corrected chi connectivity index (χ3v) is 11.8. The molecule has 0 saturated heterocycles. The maximum atomic E-state index is 13.8. The van der Waals surface area contributed by atoms with Gasteiger partial charge < -0.3 is 50.9 Å². The van der Waals surface area contributed by atoms with Gasteiger partial charge in [0.05, 0.1) is 29.3 Å². The van der Waals surface area contributed by atoms with Crippen molar-refractivity contribution in [2.24, 2.45) is 11.5 Å². The molecule has 0 spiro atoms. The van der Waals surface area contributed by atoms with Gasteiger partial charge in [-0.05, 0) is 85.8 Å². The highest BCUT2D eigenvalue weighted by Crippen LogP contribution is 2.30. The highest BCUT2D eigenvalue weighted by molar-refractivity contribution is 6.07. The first-order valence-corrected chi connectivity index (χ1v) is 27.9. The summed E-state index contributed by atoms with van der Waals surface area (Å²) >= 11 is 0. The number of rotatable bonds is 23. The number of aromatic nitrogens is 8. The van der Waals surface area contributed by atoms with Crippen LogP contribution in [0.4, 0.5) is 11.6 Å². The summed E-state index contributed by atoms with van der Waals surface area (Å²) in [6, 6.07) is 30.9. The van der Waals surface area contributed by atoms with Crippen LogP contribution in [0, 0.1) is 6.92 Å². The third-order valence-electron chi connectivity index (χ3n) is 11.8. The molecule has 0 unspecified atom stereocenters. The number of nitrogens with two attached hydrogens (primary N) is 2. The minimum absolute atomic E-state index is 0.0150. The van der Waals surface area contributed by atoms with Crippen LogP contribution >= 0.6 is 0 Å². The van der Waals surface area contributed by atoms with E-state index in [1.807, 2.05) is 107 Å². The molecule has 0 fully saturated rings. The van der Waals surface area contributed by atoms with E-state index in [9.17, 15) is 14.7 Å². The topological polar surface area (TPSA) is 249 Å². The SMILES string of the molecule is C=C/C=C\C=C(C)C.CC.CC(C)(CCO)n1cc(COc2cc(C(=O)Nc3cc(OCCN)c4ccccc4n3)nc(C(=O)Nc3cc(OCCN)c4ccccc4n3)c2)nn1.CCCCn1ccnc1CN(C)C.Cc1ccccc1. The first kappa shape index (κ1) is 66.9. The monoisotopic (exact) mass is 1130 g/mol. The average Bonchev–Trinajstić information content (AvgIpc) is 4.31. The molecule has 7 N–H and O–H groups in total. The van der Waals surface area contributed by atoms with E-state index in [2.05, 4.69) is 117 Å². The maximum Gasteiger partial charge on any atom is 0.275 e. The van der Waals surface area contributed by atoms with E-state index >= 15 is 0 Å². The number of nitrogens with one attached hydrogen (secondary N) is 2. The van der Waals surface area contributed by atoms with Gasteiger partial charge in [-0.3, -0.25) is 9.59 Å². The van der Waals surface area contributed by atoms with E-state index in [4.69, 9.17) is 25.7 Å². The van der Waals surface area contributed by atoms with Crippen molar-refractivity contribution in [1.29, 1.82) is 0 Å². The molecule has 5 aromatic heterocycles. The zero-order valence-electron chi connectivity index (χ0n) is 50.0. The first-order valence-electron chi connectivity index (χ1n) is 27.9. The summed E-state index contributed by atoms with van der Waals surface area (Å²) in [7, 11) is 4.14. The fourth-order valence-corrected chi connectivity index (χ4v) is 7.55. The number of fused-ring (bicyclic) bond motifs is 2. The van der Waals surface area contributed by atoms with E-state index < -0.39 is 17.4 Å². The molecule has 0 aliphatic heterocycles. The largest absolute Gasteiger partial charge is 0.491 e. The Morgan fingerprint density at radius 1 is 0.783 bits per heavy atom. The van der Waals surface area contributed by atoms with E-state index in [-0.39, 0.29) is 55.2 Å². The zero-order valence-corrected chi connectivity index (χ0v) is 50.0. The molecule has 0 bridgehead atoms. The van der Waals surface area contributed by atoms with Crippen molar-refractivity contribution in [3.05, 3.63) is 187 Å². The highest BCUT2D eigenvalue weighted by atomic mass is 16.5. The molecule has 2 amide bonds. The highest BCUT2D eigenvalue weighted by Gasteiger charge is 2.23. The number of ether oxygens (including phenoxy) is 3. The van der Waals surface area contributed by atoms with E-state index in [0.29, 0.717) is 47.7 Å². The Labute approximate surface area is 489 Å². The molecule has 442 valence electrons. The van der Waals surface area contributed by atoms with Crippen LogP contribution in [0.25, 0.3) is 21.8 Å². The molecule has 5 heterocycles. The molecule has 19 nitrogen and oxygen atoms in total. The number of anilines is 2. The fourth-order valence-electron chi connectivity index (χ4n) is 7.55. The summed E-state index contributed by atoms with van der Waals surface area (Å²) in [6.45, 7) is 22.9. The van der Waals surface area contributed by atoms with Gasteiger partial charge in [0, 0.05) is 73.7 Å². The number of hydrogen-bond donors (Lipinski definition) is 5. The second-order valence-corrected chi connectivity index (χ2v) is 19.7. The van der Waals surface area contributed by atoms with Crippen LogP contribution in [-0.2, 0) is 25.2 Å². The molecule has 83 heavy (non-hydrogen) atoms. The second kappa shape index (κ2) is 36.0. The summed E-state index contributed by atoms with van der Waals surface area (Å²) in [5, 5.41) is 24.9. The number of pyridine rings is 3. The number of para-hydroxylation sites is 2. The number of aliphatic hydroxyl groups excluding tert-OH is 1. The minimum Gasteiger partial charge on any atom is -0.491 e. The van der Waals surface area contributed by atoms with Gasteiger partial charge in [0.2, 0.25) is 0 Å². The zero-order chi connectivity index (χ0) is 60.6. The molecule has 8 aromatic rings. The third kappa shape index (κ3) is 22.7. The van der Waals surface area contributed by atoms with Crippen LogP contribution in [0.15, 0.2) is 158 Å². The molecule has 3 aromatic carbocycles. The van der Waals surface area contributed by atoms with Gasteiger partial charge in [-0.1, -0.05) is 129 Å². The predicted molar refractivity (Wildman–Crippen MR) is 334 cm³/mol. The molecule has 0 saturated carbocycles. The van der Waals surface area contributed by atoms with Crippen molar-refractivity contribution in [1.82, 2.24) is 44.4 Å². The standard InChI is InChI=1S/C37H40N10O6.C10H19N3.C8H12.C7H8.C2H6/c1-37(2,11-14-48)47-21-23(45-46-47)22-53-24-17-29(35(49)43-33-19-31(51-15-12-38)25-7-3-5-9-27(25)41-33)40-30(18-24)36(50)44-34-20-32(52-16-13-39)26-8-4-6-10-28(26)42-34;1-4-5-7-13-8-6-11-10(13)9-12(2)3;1-4-5-6-7-8(2)3;1-7-5-3-2-4-6-7;1-2/h3-10,17-21,48H,11-16,22,38-39H2,1-2H3,(H,41,43,49)(H,42,44,50);6,8H,4-5,7,9H2,1-3H3;4-7H,1H2,2-3H3;2-6H,1H3;1-2H3/b;;6-5-;;. The molecular weight excluding hydrogens is 1050 g/mol. The Morgan fingerprint density at radius 2 is 1.34 bits per heavy atom. The normalized spacial score (nSPS) is 10.7. The van der Waals surface area contributed by atoms with E-state index in [1.165, 1.54) is 41.9 Å². The lowest BCUT2D eigenvalue weighted by atomic mass is 10.0. The number of aliphatic hydroxyl groups is 1. The molecule has 0 atom stereocenters. The van der Waals surface area contributed by atoms with Crippen molar-refractivity contribution < 1.29 is 28.9 Å². The summed E-state index contributed by atoms with van der Waals surface area (Å²) in [4.78, 5) is 47.5. The van der Waals surface area contributed by atoms with Crippen molar-refractivity contribution in [3.8, 4) is 17.2 Å². The molecule has 0 radical (unpaired) electrons. The molecule has 0 aliphatic rings. The van der Waals surface area contributed by atoms with E-state index in [0.717, 1.165) is 23.9 Å². The van der Waals surface area contributed by atoms with Gasteiger partial charge in [-0.25, -0.2) is 24.6 Å². The number of nitrogens with zero attached hydrogens (tertiary/aromatic N) is 9. The quantitative estimate of drug-likeness (QED) is 0.0374. The average molecular weight is 1130 g/mol. The van der Waals surface area contributed by atoms with Gasteiger partial charge in [-0.15, -0.1) is 5.10 Å². The number of imidazole rings is 1. The number of aryl methyl sites for hydroxylation is 2. The van der Waals surface area contributed by atoms with Crippen molar-refractivity contribution in [2.45, 2.75) is 99.9 Å². The van der Waals surface area contributed by atoms with Crippen LogP contribution in [0.3, 0.4) is 0 Å². The summed E-state index contributed by atoms with van der Waals surface area (Å²) in [5.41, 5.74) is 14.9. The van der Waals surface area contributed by atoms with Crippen LogP contribution in [0.2, 0.25) is 0 Å². The Morgan fingerprint density at radius 3 is 1.82 bits per heavy atom. The Balaban J connectivity index is 0.000000398. The summed E-state index contributed by atoms with van der Waals surface area (Å²) in [6.07, 6.45) is 16.3. The van der Waals surface area contributed by atoms with Crippen LogP contribution in [-0.4, -0.2) is 108 Å². The van der Waals surface area contributed by atoms with Gasteiger partial charge >= 0.3 is 0 Å². The van der Waals surface area contributed by atoms with Crippen LogP contribution < -0.4 is 36.3 Å². The lowest BCUT2D eigenvalue weighted by Crippen LogP contribution is -2.28. The smallest absolute Gasteiger partial charge is 0.275 e. The number of unbranched alkanes of at least 4 members (excludes halogenated alkanes) is 1. The van der Waals surface area contributed by atoms with Crippen molar-refractivity contribution in [3.63, 3.8) is 0 Å².